The summed E-state index contributed by atoms with van der Waals surface area (Å²) in [6, 6.07) is 0. The number of aliphatic imine (C=N–C) groups is 1. The Hall–Kier alpha value is -0.660. The van der Waals surface area contributed by atoms with E-state index >= 15 is 0 Å². The molecule has 0 saturated heterocycles. The van der Waals surface area contributed by atoms with E-state index in [1.54, 1.807) is 0 Å². The Balaban J connectivity index is 2.09. The van der Waals surface area contributed by atoms with Crippen molar-refractivity contribution in [3.05, 3.63) is 0 Å². The highest BCUT2D eigenvalue weighted by Gasteiger charge is 2.36. The maximum Gasteiger partial charge on any atom is 0.162 e. The Morgan fingerprint density at radius 2 is 2.33 bits per heavy atom. The fourth-order valence-electron chi connectivity index (χ4n) is 1.28. The van der Waals surface area contributed by atoms with Gasteiger partial charge in [0.05, 0.1) is 12.5 Å². The van der Waals surface area contributed by atoms with Crippen LogP contribution in [-0.4, -0.2) is 18.5 Å². The van der Waals surface area contributed by atoms with Crippen LogP contribution in [0.4, 0.5) is 0 Å². The summed E-state index contributed by atoms with van der Waals surface area (Å²) in [4.78, 5) is 14.9. The van der Waals surface area contributed by atoms with E-state index in [0.717, 1.165) is 0 Å². The van der Waals surface area contributed by atoms with Crippen LogP contribution >= 0.6 is 0 Å². The molecular formula is C7H9NO. The first-order valence-corrected chi connectivity index (χ1v) is 3.40. The third-order valence-electron chi connectivity index (χ3n) is 2.01. The van der Waals surface area contributed by atoms with Crippen molar-refractivity contribution in [2.24, 2.45) is 16.8 Å². The number of Topliss-reactive ketones (excluding diaryl/α,β-unsaturated/α-hetero) is 1. The second kappa shape index (κ2) is 1.66. The highest BCUT2D eigenvalue weighted by atomic mass is 16.1. The van der Waals surface area contributed by atoms with Gasteiger partial charge in [-0.1, -0.05) is 0 Å². The second-order valence-electron chi connectivity index (χ2n) is 2.82. The molecule has 0 amide bonds. The summed E-state index contributed by atoms with van der Waals surface area (Å²) < 4.78 is 0. The summed E-state index contributed by atoms with van der Waals surface area (Å²) in [5.41, 5.74) is 0. The minimum absolute atomic E-state index is 0.213. The van der Waals surface area contributed by atoms with Gasteiger partial charge in [-0.3, -0.25) is 9.79 Å². The Morgan fingerprint density at radius 1 is 1.56 bits per heavy atom. The first-order chi connectivity index (χ1) is 4.38. The van der Waals surface area contributed by atoms with Crippen molar-refractivity contribution >= 4 is 12.0 Å². The van der Waals surface area contributed by atoms with Crippen molar-refractivity contribution in [2.45, 2.75) is 12.8 Å². The summed E-state index contributed by atoms with van der Waals surface area (Å²) in [6.45, 7) is 0.446. The topological polar surface area (TPSA) is 29.4 Å². The number of rotatable bonds is 1. The molecule has 2 aliphatic rings. The Labute approximate surface area is 54.0 Å². The van der Waals surface area contributed by atoms with E-state index in [1.165, 1.54) is 12.8 Å². The summed E-state index contributed by atoms with van der Waals surface area (Å²) in [6.07, 6.45) is 4.31. The molecule has 0 unspecified atom stereocenters. The van der Waals surface area contributed by atoms with Crippen LogP contribution in [0.25, 0.3) is 0 Å². The minimum Gasteiger partial charge on any atom is -0.297 e. The first-order valence-electron chi connectivity index (χ1n) is 3.40. The van der Waals surface area contributed by atoms with Gasteiger partial charge in [-0.15, -0.1) is 0 Å². The van der Waals surface area contributed by atoms with Crippen molar-refractivity contribution in [1.82, 2.24) is 0 Å². The molecular weight excluding hydrogens is 114 g/mol. The molecule has 0 bridgehead atoms. The zero-order chi connectivity index (χ0) is 6.27. The van der Waals surface area contributed by atoms with Crippen LogP contribution in [0, 0.1) is 11.8 Å². The molecule has 2 rings (SSSR count). The van der Waals surface area contributed by atoms with Gasteiger partial charge >= 0.3 is 0 Å². The molecule has 1 atom stereocenters. The van der Waals surface area contributed by atoms with Gasteiger partial charge in [0.15, 0.2) is 5.78 Å². The number of ketones is 1. The fourth-order valence-corrected chi connectivity index (χ4v) is 1.28. The molecule has 0 aromatic heterocycles. The number of carbonyl (C=O) groups is 1. The van der Waals surface area contributed by atoms with Crippen LogP contribution in [0.3, 0.4) is 0 Å². The second-order valence-corrected chi connectivity index (χ2v) is 2.82. The van der Waals surface area contributed by atoms with Crippen LogP contribution in [-0.2, 0) is 4.79 Å². The van der Waals surface area contributed by atoms with E-state index in [0.29, 0.717) is 18.2 Å². The Morgan fingerprint density at radius 3 is 2.78 bits per heavy atom. The van der Waals surface area contributed by atoms with E-state index < -0.39 is 0 Å². The molecule has 2 heteroatoms. The number of carbonyl (C=O) groups excluding carboxylic acids is 1. The standard InChI is InChI=1S/C7H9NO/c9-7-4-8-3-6(7)5-1-2-5/h3,5-6H,1-2,4H2/t6-/m1/s1. The molecule has 0 aromatic rings. The smallest absolute Gasteiger partial charge is 0.162 e. The Kier molecular flexibility index (Phi) is 0.949. The normalized spacial score (nSPS) is 33.8. The number of hydrogen-bond donors (Lipinski definition) is 0. The van der Waals surface area contributed by atoms with Crippen LogP contribution in [0.5, 0.6) is 0 Å². The summed E-state index contributed by atoms with van der Waals surface area (Å²) in [7, 11) is 0. The van der Waals surface area contributed by atoms with E-state index in [9.17, 15) is 4.79 Å². The molecule has 1 aliphatic carbocycles. The van der Waals surface area contributed by atoms with Crippen molar-refractivity contribution in [3.8, 4) is 0 Å². The quantitative estimate of drug-likeness (QED) is 0.503. The average Bonchev–Trinajstić information content (AvgIpc) is 2.58. The van der Waals surface area contributed by atoms with Crippen molar-refractivity contribution < 1.29 is 4.79 Å². The van der Waals surface area contributed by atoms with Gasteiger partial charge in [0.25, 0.3) is 0 Å². The summed E-state index contributed by atoms with van der Waals surface area (Å²) in [5.74, 6) is 1.21. The van der Waals surface area contributed by atoms with Gasteiger partial charge in [-0.25, -0.2) is 0 Å². The number of hydrogen-bond acceptors (Lipinski definition) is 2. The molecule has 0 aromatic carbocycles. The van der Waals surface area contributed by atoms with Gasteiger partial charge in [0, 0.05) is 6.21 Å². The molecule has 0 N–H and O–H groups in total. The number of nitrogens with zero attached hydrogens (tertiary/aromatic N) is 1. The molecule has 48 valence electrons. The molecule has 2 nitrogen and oxygen atoms in total. The molecule has 9 heavy (non-hydrogen) atoms. The zero-order valence-electron chi connectivity index (χ0n) is 5.21. The molecule has 1 fully saturated rings. The van der Waals surface area contributed by atoms with Gasteiger partial charge < -0.3 is 0 Å². The summed E-state index contributed by atoms with van der Waals surface area (Å²) >= 11 is 0. The monoisotopic (exact) mass is 123 g/mol. The molecule has 1 heterocycles. The molecule has 1 saturated carbocycles. The van der Waals surface area contributed by atoms with E-state index in [-0.39, 0.29) is 5.92 Å². The third kappa shape index (κ3) is 0.784. The average molecular weight is 123 g/mol. The van der Waals surface area contributed by atoms with E-state index in [1.807, 2.05) is 6.21 Å². The Bertz CT molecular complexity index is 170. The maximum atomic E-state index is 10.9. The van der Waals surface area contributed by atoms with Crippen molar-refractivity contribution in [3.63, 3.8) is 0 Å². The van der Waals surface area contributed by atoms with Crippen LogP contribution in [0.2, 0.25) is 0 Å². The van der Waals surface area contributed by atoms with Gasteiger partial charge in [-0.05, 0) is 18.8 Å². The lowest BCUT2D eigenvalue weighted by molar-refractivity contribution is -0.119. The van der Waals surface area contributed by atoms with E-state index in [2.05, 4.69) is 4.99 Å². The summed E-state index contributed by atoms with van der Waals surface area (Å²) in [5, 5.41) is 0. The highest BCUT2D eigenvalue weighted by Crippen LogP contribution is 2.37. The highest BCUT2D eigenvalue weighted by molar-refractivity contribution is 6.01. The fraction of sp³-hybridized carbons (Fsp3) is 0.714. The predicted octanol–water partition coefficient (Wildman–Crippen LogP) is 0.666. The lowest BCUT2D eigenvalue weighted by atomic mass is 10.0. The lowest BCUT2D eigenvalue weighted by Gasteiger charge is -1.97. The molecule has 0 radical (unpaired) electrons. The van der Waals surface area contributed by atoms with Crippen LogP contribution in [0.1, 0.15) is 12.8 Å². The predicted molar refractivity (Wildman–Crippen MR) is 34.6 cm³/mol. The van der Waals surface area contributed by atoms with Crippen LogP contribution < -0.4 is 0 Å². The zero-order valence-corrected chi connectivity index (χ0v) is 5.21. The van der Waals surface area contributed by atoms with Gasteiger partial charge in [-0.2, -0.15) is 0 Å². The van der Waals surface area contributed by atoms with Crippen molar-refractivity contribution in [1.29, 1.82) is 0 Å². The van der Waals surface area contributed by atoms with Gasteiger partial charge in [0.2, 0.25) is 0 Å². The van der Waals surface area contributed by atoms with Crippen molar-refractivity contribution in [2.75, 3.05) is 6.54 Å². The lowest BCUT2D eigenvalue weighted by Crippen LogP contribution is -2.13. The van der Waals surface area contributed by atoms with E-state index in [4.69, 9.17) is 0 Å². The van der Waals surface area contributed by atoms with Gasteiger partial charge in [0.1, 0.15) is 0 Å². The molecule has 0 spiro atoms. The third-order valence-corrected chi connectivity index (χ3v) is 2.01. The first kappa shape index (κ1) is 5.15. The largest absolute Gasteiger partial charge is 0.297 e. The SMILES string of the molecule is O=C1CN=C[C@@H]1C1CC1. The molecule has 1 aliphatic heterocycles. The maximum absolute atomic E-state index is 10.9. The van der Waals surface area contributed by atoms with Crippen LogP contribution in [0.15, 0.2) is 4.99 Å². The minimum atomic E-state index is 0.213.